The molecule has 0 aromatic heterocycles. The summed E-state index contributed by atoms with van der Waals surface area (Å²) in [7, 11) is -3.30. The van der Waals surface area contributed by atoms with E-state index in [1.807, 2.05) is 30.3 Å². The third-order valence-electron chi connectivity index (χ3n) is 4.75. The zero-order valence-corrected chi connectivity index (χ0v) is 13.1. The number of hydrogen-bond acceptors (Lipinski definition) is 2. The highest BCUT2D eigenvalue weighted by Crippen LogP contribution is 2.36. The average Bonchev–Trinajstić information content (AvgIpc) is 2.53. The molecule has 1 aromatic rings. The van der Waals surface area contributed by atoms with Crippen molar-refractivity contribution in [2.45, 2.75) is 44.6 Å². The van der Waals surface area contributed by atoms with Crippen molar-refractivity contribution in [3.8, 4) is 0 Å². The molecule has 4 heteroatoms. The van der Waals surface area contributed by atoms with E-state index in [1.165, 1.54) is 24.7 Å². The molecule has 0 radical (unpaired) electrons. The van der Waals surface area contributed by atoms with E-state index in [1.54, 1.807) is 10.4 Å². The van der Waals surface area contributed by atoms with Crippen molar-refractivity contribution >= 4 is 16.1 Å². The van der Waals surface area contributed by atoms with Crippen molar-refractivity contribution in [1.29, 1.82) is 0 Å². The van der Waals surface area contributed by atoms with Gasteiger partial charge in [0.05, 0.1) is 0 Å². The Morgan fingerprint density at radius 1 is 1.00 bits per heavy atom. The highest BCUT2D eigenvalue weighted by Gasteiger charge is 2.38. The fourth-order valence-corrected chi connectivity index (χ4v) is 5.23. The number of fused-ring (bicyclic) bond motifs is 1. The summed E-state index contributed by atoms with van der Waals surface area (Å²) in [6.07, 6.45) is 8.55. The summed E-state index contributed by atoms with van der Waals surface area (Å²) in [5, 5.41) is 1.39. The number of hydrogen-bond donors (Lipinski definition) is 0. The Balaban J connectivity index is 1.78. The summed E-state index contributed by atoms with van der Waals surface area (Å²) in [4.78, 5) is 0. The van der Waals surface area contributed by atoms with Crippen LogP contribution in [0, 0.1) is 5.92 Å². The minimum absolute atomic E-state index is 0.234. The molecule has 0 amide bonds. The molecule has 1 aliphatic carbocycles. The second kappa shape index (κ2) is 6.32. The maximum absolute atomic E-state index is 12.7. The van der Waals surface area contributed by atoms with Gasteiger partial charge in [-0.1, -0.05) is 43.2 Å². The van der Waals surface area contributed by atoms with Crippen molar-refractivity contribution in [2.75, 3.05) is 6.54 Å². The lowest BCUT2D eigenvalue weighted by Gasteiger charge is -2.42. The van der Waals surface area contributed by atoms with Crippen LogP contribution >= 0.6 is 0 Å². The van der Waals surface area contributed by atoms with E-state index < -0.39 is 10.0 Å². The van der Waals surface area contributed by atoms with Crippen LogP contribution in [-0.2, 0) is 10.0 Å². The molecule has 3 rings (SSSR count). The topological polar surface area (TPSA) is 37.4 Å². The monoisotopic (exact) mass is 305 g/mol. The molecular weight excluding hydrogens is 282 g/mol. The molecule has 2 atom stereocenters. The van der Waals surface area contributed by atoms with Crippen LogP contribution in [0.15, 0.2) is 35.7 Å². The second-order valence-electron chi connectivity index (χ2n) is 6.12. The first-order valence-corrected chi connectivity index (χ1v) is 9.42. The largest absolute Gasteiger partial charge is 0.236 e. The van der Waals surface area contributed by atoms with Crippen LogP contribution in [0.25, 0.3) is 6.08 Å². The molecule has 2 aliphatic rings. The summed E-state index contributed by atoms with van der Waals surface area (Å²) in [6, 6.07) is 9.85. The van der Waals surface area contributed by atoms with Crippen LogP contribution < -0.4 is 0 Å². The normalized spacial score (nSPS) is 27.6. The van der Waals surface area contributed by atoms with E-state index in [9.17, 15) is 8.42 Å². The molecule has 1 aliphatic heterocycles. The molecular formula is C17H23NO2S. The number of benzene rings is 1. The van der Waals surface area contributed by atoms with Gasteiger partial charge in [0.2, 0.25) is 10.0 Å². The molecule has 1 saturated carbocycles. The van der Waals surface area contributed by atoms with Crippen LogP contribution in [0.4, 0.5) is 0 Å². The first kappa shape index (κ1) is 14.8. The van der Waals surface area contributed by atoms with Gasteiger partial charge in [-0.2, -0.15) is 4.31 Å². The van der Waals surface area contributed by atoms with E-state index in [0.717, 1.165) is 24.8 Å². The van der Waals surface area contributed by atoms with Crippen molar-refractivity contribution in [1.82, 2.24) is 4.31 Å². The number of rotatable bonds is 3. The van der Waals surface area contributed by atoms with Gasteiger partial charge in [-0.25, -0.2) is 8.42 Å². The van der Waals surface area contributed by atoms with Crippen LogP contribution in [0.5, 0.6) is 0 Å². The summed E-state index contributed by atoms with van der Waals surface area (Å²) >= 11 is 0. The lowest BCUT2D eigenvalue weighted by molar-refractivity contribution is 0.130. The Hall–Kier alpha value is -1.13. The summed E-state index contributed by atoms with van der Waals surface area (Å²) in [6.45, 7) is 0.683. The van der Waals surface area contributed by atoms with Gasteiger partial charge in [-0.05, 0) is 43.2 Å². The molecule has 114 valence electrons. The third kappa shape index (κ3) is 3.38. The molecule has 0 N–H and O–H groups in total. The zero-order valence-electron chi connectivity index (χ0n) is 12.3. The fraction of sp³-hybridized carbons (Fsp3) is 0.529. The summed E-state index contributed by atoms with van der Waals surface area (Å²) < 4.78 is 27.1. The highest BCUT2D eigenvalue weighted by atomic mass is 32.2. The quantitative estimate of drug-likeness (QED) is 0.855. The minimum atomic E-state index is -3.30. The maximum atomic E-state index is 12.7. The molecule has 2 unspecified atom stereocenters. The van der Waals surface area contributed by atoms with Gasteiger partial charge in [-0.15, -0.1) is 0 Å². The van der Waals surface area contributed by atoms with Gasteiger partial charge < -0.3 is 0 Å². The predicted molar refractivity (Wildman–Crippen MR) is 86.1 cm³/mol. The first-order chi connectivity index (χ1) is 10.2. The average molecular weight is 305 g/mol. The van der Waals surface area contributed by atoms with Gasteiger partial charge >= 0.3 is 0 Å². The molecule has 3 nitrogen and oxygen atoms in total. The van der Waals surface area contributed by atoms with Gasteiger partial charge in [0.15, 0.2) is 0 Å². The minimum Gasteiger partial charge on any atom is -0.207 e. The van der Waals surface area contributed by atoms with Crippen molar-refractivity contribution < 1.29 is 8.42 Å². The first-order valence-electron chi connectivity index (χ1n) is 7.92. The van der Waals surface area contributed by atoms with Crippen molar-refractivity contribution in [3.63, 3.8) is 0 Å². The van der Waals surface area contributed by atoms with Crippen molar-refractivity contribution in [2.24, 2.45) is 5.92 Å². The Labute approximate surface area is 127 Å². The number of piperidine rings is 1. The Morgan fingerprint density at radius 3 is 2.52 bits per heavy atom. The molecule has 1 saturated heterocycles. The molecule has 1 aromatic carbocycles. The van der Waals surface area contributed by atoms with Crippen LogP contribution in [0.3, 0.4) is 0 Å². The predicted octanol–water partition coefficient (Wildman–Crippen LogP) is 3.64. The van der Waals surface area contributed by atoms with Gasteiger partial charge in [0, 0.05) is 18.0 Å². The summed E-state index contributed by atoms with van der Waals surface area (Å²) in [5.41, 5.74) is 0.929. The molecule has 0 spiro atoms. The zero-order chi connectivity index (χ0) is 14.7. The lowest BCUT2D eigenvalue weighted by Crippen LogP contribution is -2.48. The van der Waals surface area contributed by atoms with Crippen LogP contribution in [0.1, 0.15) is 44.1 Å². The van der Waals surface area contributed by atoms with E-state index in [0.29, 0.717) is 12.5 Å². The third-order valence-corrected chi connectivity index (χ3v) is 6.34. The molecule has 2 fully saturated rings. The highest BCUT2D eigenvalue weighted by molar-refractivity contribution is 7.92. The standard InChI is InChI=1S/C17H23NO2S/c19-21(20,14-12-15-7-2-1-3-8-15)18-13-6-10-16-9-4-5-11-17(16)18/h1-3,7-8,12,14,16-17H,4-6,9-11,13H2/b14-12+. The molecule has 21 heavy (non-hydrogen) atoms. The SMILES string of the molecule is O=S(=O)(/C=C/c1ccccc1)N1CCCC2CCCCC21. The Morgan fingerprint density at radius 2 is 1.71 bits per heavy atom. The van der Waals surface area contributed by atoms with Gasteiger partial charge in [-0.3, -0.25) is 0 Å². The lowest BCUT2D eigenvalue weighted by atomic mass is 9.79. The van der Waals surface area contributed by atoms with Crippen LogP contribution in [-0.4, -0.2) is 25.3 Å². The Bertz CT molecular complexity index is 592. The van der Waals surface area contributed by atoms with Crippen molar-refractivity contribution in [3.05, 3.63) is 41.3 Å². The van der Waals surface area contributed by atoms with E-state index in [-0.39, 0.29) is 6.04 Å². The van der Waals surface area contributed by atoms with E-state index >= 15 is 0 Å². The Kier molecular flexibility index (Phi) is 4.45. The molecule has 1 heterocycles. The van der Waals surface area contributed by atoms with E-state index in [4.69, 9.17) is 0 Å². The van der Waals surface area contributed by atoms with Gasteiger partial charge in [0.1, 0.15) is 0 Å². The van der Waals surface area contributed by atoms with E-state index in [2.05, 4.69) is 0 Å². The maximum Gasteiger partial charge on any atom is 0.236 e. The number of nitrogens with zero attached hydrogens (tertiary/aromatic N) is 1. The fourth-order valence-electron chi connectivity index (χ4n) is 3.70. The number of sulfonamides is 1. The second-order valence-corrected chi connectivity index (χ2v) is 7.89. The van der Waals surface area contributed by atoms with Crippen LogP contribution in [0.2, 0.25) is 0 Å². The molecule has 0 bridgehead atoms. The summed E-state index contributed by atoms with van der Waals surface area (Å²) in [5.74, 6) is 0.576. The smallest absolute Gasteiger partial charge is 0.207 e. The van der Waals surface area contributed by atoms with Gasteiger partial charge in [0.25, 0.3) is 0 Å².